The van der Waals surface area contributed by atoms with Gasteiger partial charge in [-0.05, 0) is 23.8 Å². The highest BCUT2D eigenvalue weighted by molar-refractivity contribution is 5.54. The Balaban J connectivity index is 3.13. The van der Waals surface area contributed by atoms with Gasteiger partial charge in [0.05, 0.1) is 0 Å². The van der Waals surface area contributed by atoms with Crippen LogP contribution in [0.15, 0.2) is 0 Å². The lowest BCUT2D eigenvalue weighted by molar-refractivity contribution is -0.388. The van der Waals surface area contributed by atoms with E-state index in [1.165, 1.54) is 0 Å². The molecule has 1 aromatic rings. The molecule has 0 fully saturated rings. The van der Waals surface area contributed by atoms with E-state index in [2.05, 4.69) is 9.97 Å². The van der Waals surface area contributed by atoms with Crippen molar-refractivity contribution in [2.24, 2.45) is 0 Å². The Morgan fingerprint density at radius 1 is 1.40 bits per heavy atom. The molecular weight excluding hydrogens is 196 g/mol. The van der Waals surface area contributed by atoms with Crippen molar-refractivity contribution in [3.05, 3.63) is 15.9 Å². The quantitative estimate of drug-likeness (QED) is 0.595. The Hall–Kier alpha value is -1.59. The number of hydrogen-bond acceptors (Lipinski definition) is 4. The molecule has 0 aliphatic carbocycles. The first-order chi connectivity index (χ1) is 7.13. The van der Waals surface area contributed by atoms with E-state index >= 15 is 0 Å². The smallest absolute Gasteiger partial charge is 0.358 e. The molecule has 0 atom stereocenters. The predicted molar refractivity (Wildman–Crippen MR) is 58.2 cm³/mol. The van der Waals surface area contributed by atoms with Crippen molar-refractivity contribution in [1.82, 2.24) is 9.97 Å². The van der Waals surface area contributed by atoms with Crippen LogP contribution in [-0.4, -0.2) is 28.0 Å². The molecule has 0 radical (unpaired) electrons. The van der Waals surface area contributed by atoms with Gasteiger partial charge in [-0.15, -0.1) is 0 Å². The molecule has 0 saturated carbocycles. The summed E-state index contributed by atoms with van der Waals surface area (Å²) in [6.45, 7) is 7.28. The highest BCUT2D eigenvalue weighted by Gasteiger charge is 2.24. The third-order valence-electron chi connectivity index (χ3n) is 2.30. The lowest BCUT2D eigenvalue weighted by Crippen LogP contribution is -2.23. The number of imidazole rings is 1. The molecule has 84 valence electrons. The van der Waals surface area contributed by atoms with E-state index in [0.29, 0.717) is 18.1 Å². The number of hydrogen-bond donors (Lipinski definition) is 1. The van der Waals surface area contributed by atoms with Crippen molar-refractivity contribution in [3.63, 3.8) is 0 Å². The van der Waals surface area contributed by atoms with Gasteiger partial charge in [-0.25, -0.2) is 0 Å². The van der Waals surface area contributed by atoms with E-state index < -0.39 is 4.92 Å². The predicted octanol–water partition coefficient (Wildman–Crippen LogP) is 1.73. The summed E-state index contributed by atoms with van der Waals surface area (Å²) in [5, 5.41) is 10.8. The largest absolute Gasteiger partial charge is 0.406 e. The Morgan fingerprint density at radius 2 is 2.00 bits per heavy atom. The van der Waals surface area contributed by atoms with Crippen LogP contribution in [0.4, 0.5) is 11.6 Å². The fourth-order valence-electron chi connectivity index (χ4n) is 1.46. The van der Waals surface area contributed by atoms with E-state index in [1.807, 2.05) is 25.7 Å². The zero-order valence-corrected chi connectivity index (χ0v) is 9.28. The van der Waals surface area contributed by atoms with Gasteiger partial charge in [0.25, 0.3) is 0 Å². The van der Waals surface area contributed by atoms with Crippen LogP contribution in [0.2, 0.25) is 0 Å². The molecule has 1 heterocycles. The molecule has 0 aliphatic rings. The molecule has 6 heteroatoms. The van der Waals surface area contributed by atoms with Gasteiger partial charge in [0.1, 0.15) is 0 Å². The highest BCUT2D eigenvalue weighted by atomic mass is 16.6. The van der Waals surface area contributed by atoms with Gasteiger partial charge in [0.15, 0.2) is 0 Å². The fraction of sp³-hybridized carbons (Fsp3) is 0.667. The van der Waals surface area contributed by atoms with Crippen LogP contribution >= 0.6 is 0 Å². The van der Waals surface area contributed by atoms with Crippen LogP contribution in [0, 0.1) is 10.1 Å². The van der Waals surface area contributed by atoms with Crippen LogP contribution in [0.5, 0.6) is 0 Å². The average molecular weight is 212 g/mol. The Morgan fingerprint density at radius 3 is 2.40 bits per heavy atom. The summed E-state index contributed by atoms with van der Waals surface area (Å²) in [5.41, 5.74) is 0. The summed E-state index contributed by atoms with van der Waals surface area (Å²) in [7, 11) is 0. The number of aryl methyl sites for hydroxylation is 1. The summed E-state index contributed by atoms with van der Waals surface area (Å²) in [6, 6.07) is 0. The van der Waals surface area contributed by atoms with Crippen LogP contribution in [0.1, 0.15) is 26.6 Å². The molecule has 0 spiro atoms. The molecule has 1 N–H and O–H groups in total. The molecule has 0 saturated heterocycles. The van der Waals surface area contributed by atoms with Gasteiger partial charge in [0, 0.05) is 19.5 Å². The second-order valence-electron chi connectivity index (χ2n) is 3.14. The first kappa shape index (κ1) is 11.5. The molecule has 0 unspecified atom stereocenters. The number of nitro groups is 1. The minimum atomic E-state index is -0.441. The van der Waals surface area contributed by atoms with Gasteiger partial charge in [0.2, 0.25) is 11.6 Å². The van der Waals surface area contributed by atoms with Gasteiger partial charge < -0.3 is 20.0 Å². The van der Waals surface area contributed by atoms with Crippen molar-refractivity contribution < 1.29 is 4.92 Å². The maximum Gasteiger partial charge on any atom is 0.406 e. The number of anilines is 1. The second-order valence-corrected chi connectivity index (χ2v) is 3.14. The van der Waals surface area contributed by atoms with E-state index in [0.717, 1.165) is 13.1 Å². The lowest BCUT2D eigenvalue weighted by Gasteiger charge is -2.17. The number of rotatable bonds is 5. The van der Waals surface area contributed by atoms with Crippen molar-refractivity contribution in [2.45, 2.75) is 27.2 Å². The second kappa shape index (κ2) is 4.77. The highest BCUT2D eigenvalue weighted by Crippen LogP contribution is 2.24. The maximum atomic E-state index is 10.8. The topological polar surface area (TPSA) is 75.1 Å². The van der Waals surface area contributed by atoms with E-state index in [1.54, 1.807) is 0 Å². The molecule has 0 aromatic carbocycles. The Labute approximate surface area is 88.5 Å². The molecular formula is C9H16N4O2. The molecule has 0 bridgehead atoms. The minimum absolute atomic E-state index is 0.0736. The van der Waals surface area contributed by atoms with Crippen LogP contribution in [-0.2, 0) is 6.42 Å². The molecule has 1 aromatic heterocycles. The molecule has 0 amide bonds. The van der Waals surface area contributed by atoms with E-state index in [4.69, 9.17) is 0 Å². The van der Waals surface area contributed by atoms with Crippen LogP contribution in [0.3, 0.4) is 0 Å². The van der Waals surface area contributed by atoms with Gasteiger partial charge in [-0.1, -0.05) is 6.92 Å². The first-order valence-electron chi connectivity index (χ1n) is 5.12. The van der Waals surface area contributed by atoms with Gasteiger partial charge in [-0.3, -0.25) is 0 Å². The summed E-state index contributed by atoms with van der Waals surface area (Å²) >= 11 is 0. The average Bonchev–Trinajstić information content (AvgIpc) is 2.64. The summed E-state index contributed by atoms with van der Waals surface area (Å²) in [4.78, 5) is 19.2. The van der Waals surface area contributed by atoms with Crippen LogP contribution < -0.4 is 4.90 Å². The van der Waals surface area contributed by atoms with Crippen LogP contribution in [0.25, 0.3) is 0 Å². The Bertz CT molecular complexity index is 344. The Kier molecular flexibility index (Phi) is 3.65. The molecule has 15 heavy (non-hydrogen) atoms. The van der Waals surface area contributed by atoms with E-state index in [-0.39, 0.29) is 5.82 Å². The third-order valence-corrected chi connectivity index (χ3v) is 2.30. The van der Waals surface area contributed by atoms with Crippen molar-refractivity contribution in [2.75, 3.05) is 18.0 Å². The zero-order chi connectivity index (χ0) is 11.4. The number of H-pyrrole nitrogens is 1. The standard InChI is InChI=1S/C9H16N4O2/c1-4-7-10-8(12(5-2)6-3)9(11-7)13(14)15/h4-6H2,1-3H3,(H,10,11). The number of aromatic nitrogens is 2. The van der Waals surface area contributed by atoms with Gasteiger partial charge >= 0.3 is 5.82 Å². The molecule has 1 rings (SSSR count). The summed E-state index contributed by atoms with van der Waals surface area (Å²) in [6.07, 6.45) is 0.669. The molecule has 6 nitrogen and oxygen atoms in total. The number of aromatic amines is 1. The van der Waals surface area contributed by atoms with Crippen molar-refractivity contribution >= 4 is 11.6 Å². The fourth-order valence-corrected chi connectivity index (χ4v) is 1.46. The lowest BCUT2D eigenvalue weighted by atomic mass is 10.5. The molecule has 0 aliphatic heterocycles. The van der Waals surface area contributed by atoms with Gasteiger partial charge in [-0.2, -0.15) is 0 Å². The normalized spacial score (nSPS) is 10.3. The number of nitrogens with one attached hydrogen (secondary N) is 1. The SMILES string of the molecule is CCc1nc([N+](=O)[O-])c(N(CC)CC)[nH]1. The maximum absolute atomic E-state index is 10.8. The third kappa shape index (κ3) is 2.26. The minimum Gasteiger partial charge on any atom is -0.358 e. The summed E-state index contributed by atoms with van der Waals surface area (Å²) in [5.74, 6) is 1.10. The number of nitrogens with zero attached hydrogens (tertiary/aromatic N) is 3. The van der Waals surface area contributed by atoms with Crippen molar-refractivity contribution in [1.29, 1.82) is 0 Å². The monoisotopic (exact) mass is 212 g/mol. The van der Waals surface area contributed by atoms with Crippen molar-refractivity contribution in [3.8, 4) is 0 Å². The first-order valence-corrected chi connectivity index (χ1v) is 5.12. The summed E-state index contributed by atoms with van der Waals surface area (Å²) < 4.78 is 0. The zero-order valence-electron chi connectivity index (χ0n) is 9.28. The van der Waals surface area contributed by atoms with E-state index in [9.17, 15) is 10.1 Å².